The number of benzene rings is 1. The van der Waals surface area contributed by atoms with E-state index in [0.29, 0.717) is 24.2 Å². The Morgan fingerprint density at radius 1 is 1.40 bits per heavy atom. The number of nitrogens with two attached hydrogens (primary N) is 1. The van der Waals surface area contributed by atoms with Crippen molar-refractivity contribution >= 4 is 11.6 Å². The van der Waals surface area contributed by atoms with Crippen molar-refractivity contribution in [1.82, 2.24) is 9.78 Å². The largest absolute Gasteiger partial charge is 0.487 e. The van der Waals surface area contributed by atoms with Crippen molar-refractivity contribution in [3.05, 3.63) is 46.7 Å². The number of hydrogen-bond acceptors (Lipinski definition) is 3. The Morgan fingerprint density at radius 3 is 2.90 bits per heavy atom. The zero-order valence-corrected chi connectivity index (χ0v) is 12.6. The number of ether oxygens (including phenoxy) is 1. The van der Waals surface area contributed by atoms with Gasteiger partial charge in [0.1, 0.15) is 12.4 Å². The Kier molecular flexibility index (Phi) is 5.04. The van der Waals surface area contributed by atoms with Crippen LogP contribution in [0.25, 0.3) is 0 Å². The van der Waals surface area contributed by atoms with Crippen molar-refractivity contribution < 1.29 is 4.74 Å². The van der Waals surface area contributed by atoms with Gasteiger partial charge in [0, 0.05) is 29.4 Å². The fourth-order valence-electron chi connectivity index (χ4n) is 1.87. The van der Waals surface area contributed by atoms with Crippen molar-refractivity contribution in [2.24, 2.45) is 5.73 Å². The lowest BCUT2D eigenvalue weighted by Gasteiger charge is -2.10. The van der Waals surface area contributed by atoms with Gasteiger partial charge < -0.3 is 10.5 Å². The molecule has 5 heteroatoms. The lowest BCUT2D eigenvalue weighted by atomic mass is 10.2. The van der Waals surface area contributed by atoms with Crippen LogP contribution in [-0.4, -0.2) is 9.78 Å². The molecule has 0 fully saturated rings. The van der Waals surface area contributed by atoms with Crippen LogP contribution in [0.2, 0.25) is 5.02 Å². The lowest BCUT2D eigenvalue weighted by Crippen LogP contribution is -2.06. The van der Waals surface area contributed by atoms with Gasteiger partial charge in [-0.05, 0) is 31.5 Å². The van der Waals surface area contributed by atoms with Gasteiger partial charge in [-0.1, -0.05) is 24.6 Å². The van der Waals surface area contributed by atoms with Crippen molar-refractivity contribution in [2.75, 3.05) is 0 Å². The highest BCUT2D eigenvalue weighted by Crippen LogP contribution is 2.24. The van der Waals surface area contributed by atoms with Crippen molar-refractivity contribution in [3.8, 4) is 5.75 Å². The van der Waals surface area contributed by atoms with Gasteiger partial charge in [-0.25, -0.2) is 0 Å². The smallest absolute Gasteiger partial charge is 0.132 e. The number of aromatic nitrogens is 2. The predicted octanol–water partition coefficient (Wildman–Crippen LogP) is 3.55. The number of halogens is 1. The third-order valence-electron chi connectivity index (χ3n) is 3.33. The molecular formula is C15H20ClN3O. The molecule has 1 unspecified atom stereocenters. The molecule has 2 N–H and O–H groups in total. The fourth-order valence-corrected chi connectivity index (χ4v) is 2.03. The zero-order valence-electron chi connectivity index (χ0n) is 11.8. The van der Waals surface area contributed by atoms with Crippen LogP contribution in [-0.2, 0) is 13.2 Å². The highest BCUT2D eigenvalue weighted by molar-refractivity contribution is 6.30. The Hall–Kier alpha value is -1.52. The van der Waals surface area contributed by atoms with Crippen LogP contribution in [0.15, 0.2) is 30.5 Å². The molecule has 2 rings (SSSR count). The number of rotatable bonds is 6. The average molecular weight is 294 g/mol. The second-order valence-electron chi connectivity index (χ2n) is 4.79. The van der Waals surface area contributed by atoms with E-state index >= 15 is 0 Å². The highest BCUT2D eigenvalue weighted by atomic mass is 35.5. The summed E-state index contributed by atoms with van der Waals surface area (Å²) in [6.45, 7) is 5.12. The van der Waals surface area contributed by atoms with E-state index in [1.165, 1.54) is 0 Å². The summed E-state index contributed by atoms with van der Waals surface area (Å²) in [6.07, 6.45) is 3.03. The summed E-state index contributed by atoms with van der Waals surface area (Å²) in [5, 5.41) is 5.14. The highest BCUT2D eigenvalue weighted by Gasteiger charge is 2.07. The van der Waals surface area contributed by atoms with Crippen LogP contribution in [0.1, 0.15) is 37.6 Å². The summed E-state index contributed by atoms with van der Waals surface area (Å²) in [5.74, 6) is 0.720. The van der Waals surface area contributed by atoms with Crippen molar-refractivity contribution in [3.63, 3.8) is 0 Å². The minimum atomic E-state index is 0.398. The molecule has 20 heavy (non-hydrogen) atoms. The molecule has 1 aromatic carbocycles. The molecule has 4 nitrogen and oxygen atoms in total. The Labute approximate surface area is 124 Å². The molecule has 0 aliphatic carbocycles. The van der Waals surface area contributed by atoms with Crippen LogP contribution >= 0.6 is 11.6 Å². The first-order valence-corrected chi connectivity index (χ1v) is 7.17. The Bertz CT molecular complexity index is 568. The van der Waals surface area contributed by atoms with Crippen LogP contribution in [0.3, 0.4) is 0 Å². The molecular weight excluding hydrogens is 274 g/mol. The minimum Gasteiger partial charge on any atom is -0.487 e. The molecule has 2 aromatic rings. The van der Waals surface area contributed by atoms with Gasteiger partial charge >= 0.3 is 0 Å². The molecule has 1 aromatic heterocycles. The van der Waals surface area contributed by atoms with E-state index in [1.54, 1.807) is 6.07 Å². The van der Waals surface area contributed by atoms with E-state index in [9.17, 15) is 0 Å². The van der Waals surface area contributed by atoms with Crippen molar-refractivity contribution in [2.45, 2.75) is 39.5 Å². The van der Waals surface area contributed by atoms with Gasteiger partial charge in [0.25, 0.3) is 0 Å². The second kappa shape index (κ2) is 6.77. The topological polar surface area (TPSA) is 53.1 Å². The van der Waals surface area contributed by atoms with E-state index in [-0.39, 0.29) is 0 Å². The predicted molar refractivity (Wildman–Crippen MR) is 80.9 cm³/mol. The summed E-state index contributed by atoms with van der Waals surface area (Å²) in [5.41, 5.74) is 7.53. The minimum absolute atomic E-state index is 0.398. The van der Waals surface area contributed by atoms with E-state index in [0.717, 1.165) is 23.4 Å². The first kappa shape index (κ1) is 14.9. The summed E-state index contributed by atoms with van der Waals surface area (Å²) in [4.78, 5) is 0. The number of nitrogens with zero attached hydrogens (tertiary/aromatic N) is 2. The second-order valence-corrected chi connectivity index (χ2v) is 5.23. The van der Waals surface area contributed by atoms with Crippen molar-refractivity contribution in [1.29, 1.82) is 0 Å². The van der Waals surface area contributed by atoms with Crippen LogP contribution < -0.4 is 10.5 Å². The maximum atomic E-state index is 5.98. The van der Waals surface area contributed by atoms with Gasteiger partial charge in [-0.15, -0.1) is 0 Å². The fraction of sp³-hybridized carbons (Fsp3) is 0.400. The maximum absolute atomic E-state index is 5.98. The van der Waals surface area contributed by atoms with E-state index < -0.39 is 0 Å². The lowest BCUT2D eigenvalue weighted by molar-refractivity contribution is 0.295. The molecule has 1 atom stereocenters. The van der Waals surface area contributed by atoms with Crippen LogP contribution in [0.5, 0.6) is 5.75 Å². The molecule has 108 valence electrons. The van der Waals surface area contributed by atoms with Gasteiger partial charge in [-0.2, -0.15) is 5.10 Å². The van der Waals surface area contributed by atoms with Gasteiger partial charge in [0.2, 0.25) is 0 Å². The molecule has 0 bridgehead atoms. The van der Waals surface area contributed by atoms with E-state index in [2.05, 4.69) is 18.9 Å². The summed E-state index contributed by atoms with van der Waals surface area (Å²) in [7, 11) is 0. The van der Waals surface area contributed by atoms with Crippen LogP contribution in [0, 0.1) is 0 Å². The molecule has 0 aliphatic heterocycles. The molecule has 0 aliphatic rings. The summed E-state index contributed by atoms with van der Waals surface area (Å²) < 4.78 is 7.74. The molecule has 1 heterocycles. The molecule has 0 spiro atoms. The first-order valence-electron chi connectivity index (χ1n) is 6.79. The molecule has 0 saturated heterocycles. The quantitative estimate of drug-likeness (QED) is 0.886. The SMILES string of the molecule is CCC(C)n1ccc(COc2cc(Cl)ccc2CN)n1. The third kappa shape index (κ3) is 3.52. The zero-order chi connectivity index (χ0) is 14.5. The summed E-state index contributed by atoms with van der Waals surface area (Å²) >= 11 is 5.98. The van der Waals surface area contributed by atoms with E-state index in [4.69, 9.17) is 22.1 Å². The van der Waals surface area contributed by atoms with Gasteiger partial charge in [0.15, 0.2) is 0 Å². The first-order chi connectivity index (χ1) is 9.63. The number of hydrogen-bond donors (Lipinski definition) is 1. The average Bonchev–Trinajstić information content (AvgIpc) is 2.93. The standard InChI is InChI=1S/C15H20ClN3O/c1-3-11(2)19-7-6-14(18-19)10-20-15-8-13(16)5-4-12(15)9-17/h4-8,11H,3,9-10,17H2,1-2H3. The van der Waals surface area contributed by atoms with Gasteiger partial charge in [0.05, 0.1) is 5.69 Å². The van der Waals surface area contributed by atoms with E-state index in [1.807, 2.05) is 29.1 Å². The van der Waals surface area contributed by atoms with Crippen LogP contribution in [0.4, 0.5) is 0 Å². The molecule has 0 saturated carbocycles. The van der Waals surface area contributed by atoms with Gasteiger partial charge in [-0.3, -0.25) is 4.68 Å². The normalized spacial score (nSPS) is 12.4. The summed E-state index contributed by atoms with van der Waals surface area (Å²) in [6, 6.07) is 7.85. The Balaban J connectivity index is 2.05. The third-order valence-corrected chi connectivity index (χ3v) is 3.57. The molecule has 0 radical (unpaired) electrons. The Morgan fingerprint density at radius 2 is 2.20 bits per heavy atom. The maximum Gasteiger partial charge on any atom is 0.132 e. The molecule has 0 amide bonds. The monoisotopic (exact) mass is 293 g/mol.